The van der Waals surface area contributed by atoms with Gasteiger partial charge in [0.15, 0.2) is 0 Å². The maximum atomic E-state index is 10.8. The van der Waals surface area contributed by atoms with Crippen LogP contribution in [0.3, 0.4) is 0 Å². The molecule has 0 aromatic heterocycles. The number of anilines is 1. The fraction of sp³-hybridized carbons (Fsp3) is 0.364. The first-order valence-corrected chi connectivity index (χ1v) is 5.74. The summed E-state index contributed by atoms with van der Waals surface area (Å²) in [7, 11) is 1.63. The van der Waals surface area contributed by atoms with Gasteiger partial charge in [0, 0.05) is 16.7 Å². The van der Waals surface area contributed by atoms with Crippen molar-refractivity contribution in [2.24, 2.45) is 0 Å². The van der Waals surface area contributed by atoms with Crippen LogP contribution < -0.4 is 10.6 Å². The Morgan fingerprint density at radius 1 is 1.56 bits per heavy atom. The van der Waals surface area contributed by atoms with Gasteiger partial charge in [0.1, 0.15) is 6.04 Å². The van der Waals surface area contributed by atoms with Crippen LogP contribution >= 0.6 is 15.9 Å². The van der Waals surface area contributed by atoms with Crippen molar-refractivity contribution in [1.82, 2.24) is 5.32 Å². The number of aliphatic carboxylic acids is 1. The molecular formula is C11H15BrN2O2. The Balaban J connectivity index is 2.63. The van der Waals surface area contributed by atoms with Crippen LogP contribution in [0.1, 0.15) is 5.56 Å². The van der Waals surface area contributed by atoms with E-state index >= 15 is 0 Å². The number of nitrogens with one attached hydrogen (secondary N) is 2. The number of halogens is 1. The number of hydrogen-bond acceptors (Lipinski definition) is 3. The van der Waals surface area contributed by atoms with Crippen LogP contribution in [0.4, 0.5) is 5.69 Å². The average Bonchev–Trinajstić information content (AvgIpc) is 2.21. The first-order valence-electron chi connectivity index (χ1n) is 4.94. The Kier molecular flexibility index (Phi) is 4.76. The van der Waals surface area contributed by atoms with Crippen LogP contribution in [0.2, 0.25) is 0 Å². The number of carboxylic acid groups (broad SMARTS) is 1. The number of carboxylic acids is 1. The Morgan fingerprint density at radius 3 is 2.75 bits per heavy atom. The lowest BCUT2D eigenvalue weighted by Gasteiger charge is -2.14. The van der Waals surface area contributed by atoms with Gasteiger partial charge in [0.05, 0.1) is 0 Å². The van der Waals surface area contributed by atoms with Crippen molar-refractivity contribution in [1.29, 1.82) is 0 Å². The highest BCUT2D eigenvalue weighted by molar-refractivity contribution is 9.10. The lowest BCUT2D eigenvalue weighted by Crippen LogP contribution is -2.39. The molecule has 0 aliphatic heterocycles. The van der Waals surface area contributed by atoms with Gasteiger partial charge in [-0.25, -0.2) is 0 Å². The first-order chi connectivity index (χ1) is 7.54. The molecule has 4 nitrogen and oxygen atoms in total. The molecule has 1 rings (SSSR count). The largest absolute Gasteiger partial charge is 0.480 e. The molecule has 0 amide bonds. The minimum atomic E-state index is -0.863. The molecule has 0 radical (unpaired) electrons. The van der Waals surface area contributed by atoms with E-state index in [0.717, 1.165) is 15.7 Å². The van der Waals surface area contributed by atoms with E-state index in [1.165, 1.54) is 0 Å². The lowest BCUT2D eigenvalue weighted by atomic mass is 10.2. The Morgan fingerprint density at radius 2 is 2.25 bits per heavy atom. The summed E-state index contributed by atoms with van der Waals surface area (Å²) in [5, 5.41) is 14.7. The third-order valence-corrected chi connectivity index (χ3v) is 2.92. The summed E-state index contributed by atoms with van der Waals surface area (Å²) in [4.78, 5) is 10.8. The summed E-state index contributed by atoms with van der Waals surface area (Å²) in [6, 6.07) is 5.29. The van der Waals surface area contributed by atoms with Gasteiger partial charge in [-0.05, 0) is 47.6 Å². The molecule has 0 saturated heterocycles. The zero-order chi connectivity index (χ0) is 12.1. The minimum Gasteiger partial charge on any atom is -0.480 e. The molecule has 16 heavy (non-hydrogen) atoms. The summed E-state index contributed by atoms with van der Waals surface area (Å²) in [5.74, 6) is -0.863. The molecule has 1 atom stereocenters. The van der Waals surface area contributed by atoms with Gasteiger partial charge in [-0.3, -0.25) is 4.79 Å². The summed E-state index contributed by atoms with van der Waals surface area (Å²) in [6.07, 6.45) is 0. The number of rotatable bonds is 5. The third-order valence-electron chi connectivity index (χ3n) is 2.27. The van der Waals surface area contributed by atoms with Crippen LogP contribution in [0.5, 0.6) is 0 Å². The maximum absolute atomic E-state index is 10.8. The molecule has 1 unspecified atom stereocenters. The number of benzene rings is 1. The Labute approximate surface area is 103 Å². The summed E-state index contributed by atoms with van der Waals surface area (Å²) in [6.45, 7) is 2.34. The molecule has 5 heteroatoms. The van der Waals surface area contributed by atoms with Crippen molar-refractivity contribution in [3.8, 4) is 0 Å². The molecule has 0 aliphatic carbocycles. The van der Waals surface area contributed by atoms with E-state index in [2.05, 4.69) is 26.6 Å². The quantitative estimate of drug-likeness (QED) is 0.773. The highest BCUT2D eigenvalue weighted by Gasteiger charge is 2.14. The number of hydrogen-bond donors (Lipinski definition) is 3. The van der Waals surface area contributed by atoms with E-state index in [1.54, 1.807) is 7.05 Å². The molecule has 0 aliphatic rings. The van der Waals surface area contributed by atoms with Crippen LogP contribution in [-0.4, -0.2) is 30.7 Å². The van der Waals surface area contributed by atoms with Crippen LogP contribution in [-0.2, 0) is 4.79 Å². The first kappa shape index (κ1) is 13.0. The molecule has 1 aromatic rings. The molecule has 88 valence electrons. The molecule has 0 fully saturated rings. The van der Waals surface area contributed by atoms with Crippen molar-refractivity contribution >= 4 is 27.6 Å². The number of likely N-dealkylation sites (N-methyl/N-ethyl adjacent to an activating group) is 1. The highest BCUT2D eigenvalue weighted by Crippen LogP contribution is 2.23. The van der Waals surface area contributed by atoms with E-state index in [1.807, 2.05) is 25.1 Å². The van der Waals surface area contributed by atoms with Gasteiger partial charge < -0.3 is 15.7 Å². The van der Waals surface area contributed by atoms with Crippen molar-refractivity contribution in [2.75, 3.05) is 18.9 Å². The standard InChI is InChI=1S/C11H15BrN2O2/c1-7-3-4-9(8(12)5-7)14-6-10(13-2)11(15)16/h3-5,10,13-14H,6H2,1-2H3,(H,15,16). The fourth-order valence-corrected chi connectivity index (χ4v) is 1.92. The smallest absolute Gasteiger partial charge is 0.322 e. The monoisotopic (exact) mass is 286 g/mol. The van der Waals surface area contributed by atoms with Crippen LogP contribution in [0.25, 0.3) is 0 Å². The van der Waals surface area contributed by atoms with Crippen molar-refractivity contribution in [2.45, 2.75) is 13.0 Å². The van der Waals surface area contributed by atoms with Gasteiger partial charge in [-0.2, -0.15) is 0 Å². The maximum Gasteiger partial charge on any atom is 0.322 e. The van der Waals surface area contributed by atoms with Crippen molar-refractivity contribution < 1.29 is 9.90 Å². The third kappa shape index (κ3) is 3.50. The average molecular weight is 287 g/mol. The number of carbonyl (C=O) groups is 1. The fourth-order valence-electron chi connectivity index (χ4n) is 1.29. The molecule has 1 aromatic carbocycles. The van der Waals surface area contributed by atoms with Crippen molar-refractivity contribution in [3.05, 3.63) is 28.2 Å². The molecule has 3 N–H and O–H groups in total. The molecule has 0 saturated carbocycles. The molecular weight excluding hydrogens is 272 g/mol. The van der Waals surface area contributed by atoms with E-state index < -0.39 is 12.0 Å². The van der Waals surface area contributed by atoms with E-state index in [9.17, 15) is 4.79 Å². The predicted molar refractivity (Wildman–Crippen MR) is 67.9 cm³/mol. The van der Waals surface area contributed by atoms with E-state index in [4.69, 9.17) is 5.11 Å². The summed E-state index contributed by atoms with van der Waals surface area (Å²) >= 11 is 3.43. The van der Waals surface area contributed by atoms with Gasteiger partial charge >= 0.3 is 5.97 Å². The second-order valence-corrected chi connectivity index (χ2v) is 4.40. The normalized spacial score (nSPS) is 12.2. The van der Waals surface area contributed by atoms with Gasteiger partial charge in [0.25, 0.3) is 0 Å². The topological polar surface area (TPSA) is 61.4 Å². The summed E-state index contributed by atoms with van der Waals surface area (Å²) in [5.41, 5.74) is 2.05. The second-order valence-electron chi connectivity index (χ2n) is 3.54. The zero-order valence-corrected chi connectivity index (χ0v) is 10.8. The molecule has 0 heterocycles. The second kappa shape index (κ2) is 5.86. The van der Waals surface area contributed by atoms with E-state index in [0.29, 0.717) is 6.54 Å². The lowest BCUT2D eigenvalue weighted by molar-refractivity contribution is -0.138. The SMILES string of the molecule is CNC(CNc1ccc(C)cc1Br)C(=O)O. The number of aryl methyl sites for hydroxylation is 1. The molecule has 0 spiro atoms. The van der Waals surface area contributed by atoms with E-state index in [-0.39, 0.29) is 0 Å². The summed E-state index contributed by atoms with van der Waals surface area (Å²) < 4.78 is 0.938. The van der Waals surface area contributed by atoms with Crippen molar-refractivity contribution in [3.63, 3.8) is 0 Å². The molecule has 0 bridgehead atoms. The Hall–Kier alpha value is -1.07. The Bertz CT molecular complexity index is 382. The van der Waals surface area contributed by atoms with Gasteiger partial charge in [-0.1, -0.05) is 6.07 Å². The van der Waals surface area contributed by atoms with Gasteiger partial charge in [-0.15, -0.1) is 0 Å². The zero-order valence-electron chi connectivity index (χ0n) is 9.25. The predicted octanol–water partition coefficient (Wildman–Crippen LogP) is 1.84. The minimum absolute atomic E-state index is 0.341. The van der Waals surface area contributed by atoms with Gasteiger partial charge in [0.2, 0.25) is 0 Å². The van der Waals surface area contributed by atoms with Crippen LogP contribution in [0.15, 0.2) is 22.7 Å². The highest BCUT2D eigenvalue weighted by atomic mass is 79.9. The van der Waals surface area contributed by atoms with Crippen LogP contribution in [0, 0.1) is 6.92 Å².